The summed E-state index contributed by atoms with van der Waals surface area (Å²) in [6, 6.07) is 8.12. The van der Waals surface area contributed by atoms with Gasteiger partial charge in [0.1, 0.15) is 11.6 Å². The van der Waals surface area contributed by atoms with Gasteiger partial charge in [0, 0.05) is 37.6 Å². The van der Waals surface area contributed by atoms with Gasteiger partial charge in [-0.15, -0.1) is 0 Å². The predicted molar refractivity (Wildman–Crippen MR) is 92.9 cm³/mol. The maximum absolute atomic E-state index is 6.13. The van der Waals surface area contributed by atoms with Crippen LogP contribution in [0.3, 0.4) is 0 Å². The minimum Gasteiger partial charge on any atom is -0.377 e. The van der Waals surface area contributed by atoms with Gasteiger partial charge in [0.05, 0.1) is 12.7 Å². The number of aromatic nitrogens is 3. The zero-order chi connectivity index (χ0) is 16.4. The summed E-state index contributed by atoms with van der Waals surface area (Å²) in [6.07, 6.45) is 8.46. The molecule has 2 aromatic rings. The normalized spacial score (nSPS) is 22.9. The van der Waals surface area contributed by atoms with Crippen molar-refractivity contribution in [3.63, 3.8) is 0 Å². The summed E-state index contributed by atoms with van der Waals surface area (Å²) in [4.78, 5) is 15.6. The van der Waals surface area contributed by atoms with Crippen molar-refractivity contribution in [3.05, 3.63) is 48.2 Å². The Morgan fingerprint density at radius 1 is 1.17 bits per heavy atom. The third-order valence-electron chi connectivity index (χ3n) is 5.36. The summed E-state index contributed by atoms with van der Waals surface area (Å²) in [5, 5.41) is 0. The van der Waals surface area contributed by atoms with Crippen LogP contribution in [0.1, 0.15) is 30.8 Å². The summed E-state index contributed by atoms with van der Waals surface area (Å²) in [7, 11) is 0. The molecule has 2 saturated heterocycles. The molecule has 0 N–H and O–H groups in total. The molecule has 1 spiro atoms. The number of piperidine rings is 1. The second-order valence-electron chi connectivity index (χ2n) is 7.11. The molecule has 0 aliphatic carbocycles. The molecule has 5 nitrogen and oxygen atoms in total. The maximum Gasteiger partial charge on any atom is 0.132 e. The molecule has 0 radical (unpaired) electrons. The van der Waals surface area contributed by atoms with E-state index >= 15 is 0 Å². The van der Waals surface area contributed by atoms with Gasteiger partial charge in [-0.2, -0.15) is 0 Å². The number of hydrogen-bond acceptors (Lipinski definition) is 5. The monoisotopic (exact) mass is 324 g/mol. The van der Waals surface area contributed by atoms with E-state index in [1.54, 1.807) is 0 Å². The minimum atomic E-state index is 0.313. The quantitative estimate of drug-likeness (QED) is 0.869. The van der Waals surface area contributed by atoms with Crippen molar-refractivity contribution in [1.82, 2.24) is 15.0 Å². The van der Waals surface area contributed by atoms with E-state index in [1.165, 1.54) is 12.8 Å². The predicted octanol–water partition coefficient (Wildman–Crippen LogP) is 2.80. The molecule has 24 heavy (non-hydrogen) atoms. The third-order valence-corrected chi connectivity index (χ3v) is 5.36. The highest BCUT2D eigenvalue weighted by Crippen LogP contribution is 2.43. The Balaban J connectivity index is 1.35. The number of aryl methyl sites for hydroxylation is 1. The number of rotatable bonds is 3. The van der Waals surface area contributed by atoms with Gasteiger partial charge in [-0.25, -0.2) is 9.97 Å². The van der Waals surface area contributed by atoms with Gasteiger partial charge in [-0.3, -0.25) is 4.98 Å². The van der Waals surface area contributed by atoms with Crippen LogP contribution >= 0.6 is 0 Å². The van der Waals surface area contributed by atoms with Crippen molar-refractivity contribution in [3.8, 4) is 0 Å². The molecule has 0 bridgehead atoms. The summed E-state index contributed by atoms with van der Waals surface area (Å²) in [6.45, 7) is 4.94. The lowest BCUT2D eigenvalue weighted by Gasteiger charge is -2.39. The molecule has 0 amide bonds. The molecule has 4 heterocycles. The zero-order valence-corrected chi connectivity index (χ0v) is 14.2. The zero-order valence-electron chi connectivity index (χ0n) is 14.2. The van der Waals surface area contributed by atoms with E-state index in [1.807, 2.05) is 31.5 Å². The highest BCUT2D eigenvalue weighted by molar-refractivity contribution is 5.38. The Morgan fingerprint density at radius 2 is 2.04 bits per heavy atom. The first-order valence-electron chi connectivity index (χ1n) is 8.79. The van der Waals surface area contributed by atoms with E-state index in [0.29, 0.717) is 11.5 Å². The largest absolute Gasteiger partial charge is 0.377 e. The highest BCUT2D eigenvalue weighted by Gasteiger charge is 2.42. The van der Waals surface area contributed by atoms with Crippen molar-refractivity contribution in [2.45, 2.75) is 38.7 Å². The van der Waals surface area contributed by atoms with Crippen LogP contribution in [0.4, 0.5) is 5.82 Å². The smallest absolute Gasteiger partial charge is 0.132 e. The first-order valence-corrected chi connectivity index (χ1v) is 8.79. The lowest BCUT2D eigenvalue weighted by molar-refractivity contribution is 0.0881. The van der Waals surface area contributed by atoms with Crippen molar-refractivity contribution >= 4 is 5.82 Å². The summed E-state index contributed by atoms with van der Waals surface area (Å²) >= 11 is 0. The van der Waals surface area contributed by atoms with E-state index in [9.17, 15) is 0 Å². The van der Waals surface area contributed by atoms with E-state index in [-0.39, 0.29) is 0 Å². The lowest BCUT2D eigenvalue weighted by atomic mass is 9.76. The van der Waals surface area contributed by atoms with Gasteiger partial charge in [-0.1, -0.05) is 6.07 Å². The second-order valence-corrected chi connectivity index (χ2v) is 7.11. The number of nitrogens with zero attached hydrogens (tertiary/aromatic N) is 4. The van der Waals surface area contributed by atoms with Crippen LogP contribution in [-0.2, 0) is 11.2 Å². The fourth-order valence-electron chi connectivity index (χ4n) is 3.96. The molecular formula is C19H24N4O. The van der Waals surface area contributed by atoms with Crippen LogP contribution in [0.5, 0.6) is 0 Å². The van der Waals surface area contributed by atoms with Crippen molar-refractivity contribution in [2.24, 2.45) is 5.41 Å². The molecule has 5 heteroatoms. The van der Waals surface area contributed by atoms with Gasteiger partial charge in [0.25, 0.3) is 0 Å². The van der Waals surface area contributed by atoms with Crippen molar-refractivity contribution < 1.29 is 4.74 Å². The van der Waals surface area contributed by atoms with Gasteiger partial charge in [0.2, 0.25) is 0 Å². The van der Waals surface area contributed by atoms with Gasteiger partial charge in [0.15, 0.2) is 0 Å². The first kappa shape index (κ1) is 15.5. The molecule has 0 saturated carbocycles. The molecule has 2 aliphatic rings. The Morgan fingerprint density at radius 3 is 2.79 bits per heavy atom. The van der Waals surface area contributed by atoms with Crippen LogP contribution in [-0.4, -0.2) is 40.8 Å². The van der Waals surface area contributed by atoms with E-state index in [2.05, 4.69) is 32.0 Å². The van der Waals surface area contributed by atoms with Crippen LogP contribution in [0.15, 0.2) is 36.7 Å². The number of pyridine rings is 1. The molecule has 0 aromatic carbocycles. The highest BCUT2D eigenvalue weighted by atomic mass is 16.5. The fourth-order valence-corrected chi connectivity index (χ4v) is 3.96. The Kier molecular flexibility index (Phi) is 4.19. The summed E-state index contributed by atoms with van der Waals surface area (Å²) in [5.41, 5.74) is 1.48. The Bertz CT molecular complexity index is 683. The van der Waals surface area contributed by atoms with Gasteiger partial charge >= 0.3 is 0 Å². The second kappa shape index (κ2) is 6.48. The fraction of sp³-hybridized carbons (Fsp3) is 0.526. The van der Waals surface area contributed by atoms with Crippen molar-refractivity contribution in [2.75, 3.05) is 24.6 Å². The lowest BCUT2D eigenvalue weighted by Crippen LogP contribution is -2.41. The van der Waals surface area contributed by atoms with Crippen LogP contribution < -0.4 is 4.90 Å². The standard InChI is InChI=1S/C19H24N4O/c1-15-20-9-5-18(22-15)23-10-6-19(7-11-23)13-17(24-14-19)12-16-4-2-3-8-21-16/h2-5,8-9,17H,6-7,10-14H2,1H3. The van der Waals surface area contributed by atoms with E-state index in [4.69, 9.17) is 4.74 Å². The molecule has 2 aliphatic heterocycles. The van der Waals surface area contributed by atoms with E-state index in [0.717, 1.165) is 49.9 Å². The topological polar surface area (TPSA) is 51.1 Å². The average molecular weight is 324 g/mol. The van der Waals surface area contributed by atoms with Gasteiger partial charge in [-0.05, 0) is 49.8 Å². The third kappa shape index (κ3) is 3.26. The number of hydrogen-bond donors (Lipinski definition) is 0. The first-order chi connectivity index (χ1) is 11.7. The Labute approximate surface area is 143 Å². The maximum atomic E-state index is 6.13. The molecular weight excluding hydrogens is 300 g/mol. The van der Waals surface area contributed by atoms with Gasteiger partial charge < -0.3 is 9.64 Å². The van der Waals surface area contributed by atoms with Crippen LogP contribution in [0.2, 0.25) is 0 Å². The molecule has 1 atom stereocenters. The Hall–Kier alpha value is -2.01. The molecule has 2 fully saturated rings. The number of ether oxygens (including phenoxy) is 1. The molecule has 4 rings (SSSR count). The number of anilines is 1. The SMILES string of the molecule is Cc1nccc(N2CCC3(CC2)COC(Cc2ccccn2)C3)n1. The minimum absolute atomic E-state index is 0.313. The molecule has 126 valence electrons. The molecule has 2 aromatic heterocycles. The van der Waals surface area contributed by atoms with E-state index < -0.39 is 0 Å². The van der Waals surface area contributed by atoms with Crippen LogP contribution in [0, 0.1) is 12.3 Å². The molecule has 1 unspecified atom stereocenters. The summed E-state index contributed by atoms with van der Waals surface area (Å²) in [5.74, 6) is 1.90. The van der Waals surface area contributed by atoms with Crippen molar-refractivity contribution in [1.29, 1.82) is 0 Å². The summed E-state index contributed by atoms with van der Waals surface area (Å²) < 4.78 is 6.13. The average Bonchev–Trinajstić information content (AvgIpc) is 2.99. The van der Waals surface area contributed by atoms with Crippen LogP contribution in [0.25, 0.3) is 0 Å².